The van der Waals surface area contributed by atoms with Crippen molar-refractivity contribution in [2.75, 3.05) is 7.11 Å². The molecule has 0 rings (SSSR count). The lowest BCUT2D eigenvalue weighted by molar-refractivity contribution is -0.140. The van der Waals surface area contributed by atoms with Gasteiger partial charge in [0.15, 0.2) is 0 Å². The third-order valence-electron chi connectivity index (χ3n) is 6.45. The maximum atomic E-state index is 11.0. The van der Waals surface area contributed by atoms with E-state index in [0.29, 0.717) is 6.42 Å². The second kappa shape index (κ2) is 26.4. The Hall–Kier alpha value is -0.830. The minimum absolute atomic E-state index is 0.0596. The van der Waals surface area contributed by atoms with Crippen molar-refractivity contribution in [3.05, 3.63) is 12.2 Å². The number of rotatable bonds is 25. The number of methoxy groups -OCH3 is 1. The molecule has 3 nitrogen and oxygen atoms in total. The quantitative estimate of drug-likeness (QED) is 0.0853. The third kappa shape index (κ3) is 25.4. The molecule has 0 saturated carbocycles. The molecule has 0 radical (unpaired) electrons. The zero-order valence-corrected chi connectivity index (χ0v) is 21.8. The Morgan fingerprint density at radius 2 is 1.06 bits per heavy atom. The molecule has 0 fully saturated rings. The van der Waals surface area contributed by atoms with Crippen molar-refractivity contribution in [1.29, 1.82) is 0 Å². The fraction of sp³-hybridized carbons (Fsp3) is 0.897. The smallest absolute Gasteiger partial charge is 0.305 e. The van der Waals surface area contributed by atoms with Crippen molar-refractivity contribution < 1.29 is 14.6 Å². The van der Waals surface area contributed by atoms with E-state index in [9.17, 15) is 9.90 Å². The molecule has 1 atom stereocenters. The van der Waals surface area contributed by atoms with Crippen LogP contribution in [0.15, 0.2) is 12.2 Å². The summed E-state index contributed by atoms with van der Waals surface area (Å²) >= 11 is 0. The van der Waals surface area contributed by atoms with Gasteiger partial charge in [-0.25, -0.2) is 0 Å². The number of carbonyl (C=O) groups is 1. The first-order valence-electron chi connectivity index (χ1n) is 14.1. The Labute approximate surface area is 200 Å². The SMILES string of the molecule is CCCCCCCCCC(O)CCCCCCCCC=CCCCCCCCC(=O)OC. The molecule has 0 amide bonds. The van der Waals surface area contributed by atoms with Crippen molar-refractivity contribution in [2.45, 2.75) is 161 Å². The Bertz CT molecular complexity index is 405. The normalized spacial score (nSPS) is 12.5. The van der Waals surface area contributed by atoms with Crippen molar-refractivity contribution in [2.24, 2.45) is 0 Å². The highest BCUT2D eigenvalue weighted by molar-refractivity contribution is 5.68. The molecule has 0 aliphatic heterocycles. The average molecular weight is 453 g/mol. The molecule has 32 heavy (non-hydrogen) atoms. The first-order valence-corrected chi connectivity index (χ1v) is 14.1. The van der Waals surface area contributed by atoms with Crippen LogP contribution in [0.4, 0.5) is 0 Å². The molecular weight excluding hydrogens is 396 g/mol. The number of aliphatic hydroxyl groups excluding tert-OH is 1. The van der Waals surface area contributed by atoms with Crippen LogP contribution in [0.2, 0.25) is 0 Å². The molecule has 0 bridgehead atoms. The molecule has 1 N–H and O–H groups in total. The van der Waals surface area contributed by atoms with Crippen LogP contribution in [0.5, 0.6) is 0 Å². The highest BCUT2D eigenvalue weighted by Gasteiger charge is 2.03. The number of hydrogen-bond donors (Lipinski definition) is 1. The summed E-state index contributed by atoms with van der Waals surface area (Å²) in [7, 11) is 1.46. The summed E-state index contributed by atoms with van der Waals surface area (Å²) in [4.78, 5) is 11.0. The Morgan fingerprint density at radius 1 is 0.656 bits per heavy atom. The first kappa shape index (κ1) is 31.2. The van der Waals surface area contributed by atoms with Gasteiger partial charge in [0.2, 0.25) is 0 Å². The summed E-state index contributed by atoms with van der Waals surface area (Å²) in [6.45, 7) is 2.26. The van der Waals surface area contributed by atoms with Crippen molar-refractivity contribution in [1.82, 2.24) is 0 Å². The van der Waals surface area contributed by atoms with Gasteiger partial charge in [-0.2, -0.15) is 0 Å². The largest absolute Gasteiger partial charge is 0.469 e. The third-order valence-corrected chi connectivity index (χ3v) is 6.45. The molecule has 0 aromatic carbocycles. The van der Waals surface area contributed by atoms with Crippen LogP contribution in [-0.4, -0.2) is 24.3 Å². The lowest BCUT2D eigenvalue weighted by Gasteiger charge is -2.10. The minimum atomic E-state index is -0.0826. The standard InChI is InChI=1S/C29H56O3/c1-3-4-5-6-16-19-22-25-28(30)26-23-20-17-14-12-10-8-7-9-11-13-15-18-21-24-27-29(31)32-2/h7,9,28,30H,3-6,8,10-27H2,1-2H3. The number of aliphatic hydroxyl groups is 1. The van der Waals surface area contributed by atoms with E-state index < -0.39 is 0 Å². The highest BCUT2D eigenvalue weighted by Crippen LogP contribution is 2.15. The first-order chi connectivity index (χ1) is 15.7. The molecule has 0 aromatic heterocycles. The zero-order chi connectivity index (χ0) is 23.5. The van der Waals surface area contributed by atoms with Crippen LogP contribution in [-0.2, 0) is 9.53 Å². The molecule has 1 unspecified atom stereocenters. The van der Waals surface area contributed by atoms with Crippen LogP contribution in [0.1, 0.15) is 155 Å². The molecular formula is C29H56O3. The van der Waals surface area contributed by atoms with Gasteiger partial charge in [-0.15, -0.1) is 0 Å². The lowest BCUT2D eigenvalue weighted by atomic mass is 10.0. The van der Waals surface area contributed by atoms with Crippen LogP contribution >= 0.6 is 0 Å². The fourth-order valence-electron chi connectivity index (χ4n) is 4.23. The predicted octanol–water partition coefficient (Wildman–Crippen LogP) is 9.07. The van der Waals surface area contributed by atoms with Gasteiger partial charge in [-0.05, 0) is 44.9 Å². The molecule has 0 spiro atoms. The lowest BCUT2D eigenvalue weighted by Crippen LogP contribution is -2.05. The van der Waals surface area contributed by atoms with Gasteiger partial charge < -0.3 is 9.84 Å². The number of hydrogen-bond acceptors (Lipinski definition) is 3. The van der Waals surface area contributed by atoms with Crippen LogP contribution < -0.4 is 0 Å². The number of allylic oxidation sites excluding steroid dienone is 2. The van der Waals surface area contributed by atoms with Gasteiger partial charge in [0.05, 0.1) is 13.2 Å². The summed E-state index contributed by atoms with van der Waals surface area (Å²) < 4.78 is 4.65. The summed E-state index contributed by atoms with van der Waals surface area (Å²) in [5.74, 6) is -0.0826. The van der Waals surface area contributed by atoms with Gasteiger partial charge in [0, 0.05) is 6.42 Å². The summed E-state index contributed by atoms with van der Waals surface area (Å²) in [5, 5.41) is 10.1. The molecule has 0 saturated heterocycles. The molecule has 190 valence electrons. The summed E-state index contributed by atoms with van der Waals surface area (Å²) in [5.41, 5.74) is 0. The Morgan fingerprint density at radius 3 is 1.53 bits per heavy atom. The zero-order valence-electron chi connectivity index (χ0n) is 21.8. The number of carbonyl (C=O) groups excluding carboxylic acids is 1. The topological polar surface area (TPSA) is 46.5 Å². The summed E-state index contributed by atoms with van der Waals surface area (Å²) in [6, 6.07) is 0. The second-order valence-electron chi connectivity index (χ2n) is 9.62. The molecule has 0 aliphatic carbocycles. The molecule has 3 heteroatoms. The van der Waals surface area contributed by atoms with E-state index in [1.165, 1.54) is 123 Å². The highest BCUT2D eigenvalue weighted by atomic mass is 16.5. The number of ether oxygens (including phenoxy) is 1. The molecule has 0 heterocycles. The second-order valence-corrected chi connectivity index (χ2v) is 9.62. The minimum Gasteiger partial charge on any atom is -0.469 e. The van der Waals surface area contributed by atoms with E-state index in [1.54, 1.807) is 0 Å². The van der Waals surface area contributed by atoms with Crippen molar-refractivity contribution >= 4 is 5.97 Å². The van der Waals surface area contributed by atoms with Gasteiger partial charge in [-0.1, -0.05) is 115 Å². The van der Waals surface area contributed by atoms with E-state index in [2.05, 4.69) is 23.8 Å². The van der Waals surface area contributed by atoms with Crippen LogP contribution in [0.3, 0.4) is 0 Å². The van der Waals surface area contributed by atoms with E-state index in [1.807, 2.05) is 0 Å². The molecule has 0 aliphatic rings. The molecule has 0 aromatic rings. The van der Waals surface area contributed by atoms with Crippen LogP contribution in [0.25, 0.3) is 0 Å². The Kier molecular flexibility index (Phi) is 25.7. The van der Waals surface area contributed by atoms with Crippen LogP contribution in [0, 0.1) is 0 Å². The van der Waals surface area contributed by atoms with E-state index in [0.717, 1.165) is 25.7 Å². The van der Waals surface area contributed by atoms with E-state index >= 15 is 0 Å². The predicted molar refractivity (Wildman–Crippen MR) is 139 cm³/mol. The maximum absolute atomic E-state index is 11.0. The number of unbranched alkanes of at least 4 members (excludes halogenated alkanes) is 17. The van der Waals surface area contributed by atoms with Gasteiger partial charge >= 0.3 is 5.97 Å². The maximum Gasteiger partial charge on any atom is 0.305 e. The summed E-state index contributed by atoms with van der Waals surface area (Å²) in [6.07, 6.45) is 32.6. The average Bonchev–Trinajstić information content (AvgIpc) is 2.80. The van der Waals surface area contributed by atoms with E-state index in [4.69, 9.17) is 0 Å². The van der Waals surface area contributed by atoms with Gasteiger partial charge in [-0.3, -0.25) is 4.79 Å². The van der Waals surface area contributed by atoms with Gasteiger partial charge in [0.25, 0.3) is 0 Å². The number of esters is 1. The Balaban J connectivity index is 3.21. The monoisotopic (exact) mass is 452 g/mol. The van der Waals surface area contributed by atoms with E-state index in [-0.39, 0.29) is 12.1 Å². The fourth-order valence-corrected chi connectivity index (χ4v) is 4.23. The van der Waals surface area contributed by atoms with Crippen molar-refractivity contribution in [3.63, 3.8) is 0 Å². The van der Waals surface area contributed by atoms with Gasteiger partial charge in [0.1, 0.15) is 0 Å². The van der Waals surface area contributed by atoms with Crippen molar-refractivity contribution in [3.8, 4) is 0 Å².